The summed E-state index contributed by atoms with van der Waals surface area (Å²) >= 11 is 0. The van der Waals surface area contributed by atoms with Crippen LogP contribution in [0.2, 0.25) is 0 Å². The van der Waals surface area contributed by atoms with Crippen molar-refractivity contribution in [3.8, 4) is 0 Å². The second kappa shape index (κ2) is 6.42. The molecule has 0 bridgehead atoms. The maximum absolute atomic E-state index is 12.7. The van der Waals surface area contributed by atoms with E-state index in [-0.39, 0.29) is 29.6 Å². The molecule has 0 radical (unpaired) electrons. The number of nitrogens with zero attached hydrogens (tertiary/aromatic N) is 4. The van der Waals surface area contributed by atoms with Crippen LogP contribution in [0.5, 0.6) is 0 Å². The Hall–Kier alpha value is -2.71. The Morgan fingerprint density at radius 1 is 1.46 bits per heavy atom. The topological polar surface area (TPSA) is 110 Å². The van der Waals surface area contributed by atoms with E-state index >= 15 is 0 Å². The lowest BCUT2D eigenvalue weighted by atomic mass is 9.98. The molecule has 1 atom stereocenters. The van der Waals surface area contributed by atoms with Gasteiger partial charge in [0.2, 0.25) is 0 Å². The standard InChI is InChI=1S/C15H19N5O4/c1-3-24-15(23)10-5-4-6-19(8-10)14(22)11-12-13(21)16-9(2)7-20(12)18-17-11/h7,10H,3-6,8H2,1-2H3,(H,16,21)/t10-/m1/s1. The first-order chi connectivity index (χ1) is 11.5. The number of aromatic nitrogens is 4. The van der Waals surface area contributed by atoms with Gasteiger partial charge in [-0.1, -0.05) is 5.21 Å². The molecule has 0 unspecified atom stereocenters. The van der Waals surface area contributed by atoms with Crippen molar-refractivity contribution in [2.45, 2.75) is 26.7 Å². The predicted molar refractivity (Wildman–Crippen MR) is 83.6 cm³/mol. The maximum Gasteiger partial charge on any atom is 0.310 e. The molecule has 0 aromatic carbocycles. The van der Waals surface area contributed by atoms with Gasteiger partial charge in [0.15, 0.2) is 11.2 Å². The van der Waals surface area contributed by atoms with Crippen LogP contribution in [0, 0.1) is 12.8 Å². The second-order valence-electron chi connectivity index (χ2n) is 5.84. The Labute approximate surface area is 137 Å². The average molecular weight is 333 g/mol. The first kappa shape index (κ1) is 16.2. The molecule has 2 aromatic rings. The molecule has 0 aliphatic carbocycles. The van der Waals surface area contributed by atoms with E-state index in [0.29, 0.717) is 31.7 Å². The fourth-order valence-corrected chi connectivity index (χ4v) is 2.96. The van der Waals surface area contributed by atoms with Gasteiger partial charge < -0.3 is 14.6 Å². The summed E-state index contributed by atoms with van der Waals surface area (Å²) in [5.41, 5.74) is 0.323. The van der Waals surface area contributed by atoms with Crippen molar-refractivity contribution in [1.82, 2.24) is 24.7 Å². The number of carbonyl (C=O) groups excluding carboxylic acids is 2. The van der Waals surface area contributed by atoms with E-state index in [9.17, 15) is 14.4 Å². The maximum atomic E-state index is 12.7. The highest BCUT2D eigenvalue weighted by Gasteiger charge is 2.32. The Kier molecular flexibility index (Phi) is 4.32. The summed E-state index contributed by atoms with van der Waals surface area (Å²) < 4.78 is 6.34. The number of hydrogen-bond acceptors (Lipinski definition) is 6. The molecule has 2 aromatic heterocycles. The SMILES string of the molecule is CCOC(=O)[C@@H]1CCCN(C(=O)c2nnn3cc(C)[nH]c(=O)c23)C1. The van der Waals surface area contributed by atoms with Gasteiger partial charge in [-0.15, -0.1) is 5.10 Å². The minimum Gasteiger partial charge on any atom is -0.466 e. The van der Waals surface area contributed by atoms with E-state index in [4.69, 9.17) is 4.74 Å². The summed E-state index contributed by atoms with van der Waals surface area (Å²) in [5.74, 6) is -1.03. The lowest BCUT2D eigenvalue weighted by molar-refractivity contribution is -0.149. The zero-order chi connectivity index (χ0) is 17.3. The number of aromatic amines is 1. The number of piperidine rings is 1. The average Bonchev–Trinajstić information content (AvgIpc) is 2.98. The molecule has 9 nitrogen and oxygen atoms in total. The van der Waals surface area contributed by atoms with Gasteiger partial charge in [0.25, 0.3) is 11.5 Å². The van der Waals surface area contributed by atoms with Crippen molar-refractivity contribution in [3.63, 3.8) is 0 Å². The minimum absolute atomic E-state index is 0.000703. The van der Waals surface area contributed by atoms with Crippen LogP contribution in [0.25, 0.3) is 5.52 Å². The second-order valence-corrected chi connectivity index (χ2v) is 5.84. The molecule has 1 N–H and O–H groups in total. The number of aryl methyl sites for hydroxylation is 1. The molecule has 1 fully saturated rings. The van der Waals surface area contributed by atoms with Crippen molar-refractivity contribution in [2.75, 3.05) is 19.7 Å². The molecular formula is C15H19N5O4. The normalized spacial score (nSPS) is 17.9. The molecular weight excluding hydrogens is 314 g/mol. The van der Waals surface area contributed by atoms with E-state index < -0.39 is 11.5 Å². The number of H-pyrrole nitrogens is 1. The van der Waals surface area contributed by atoms with E-state index in [2.05, 4.69) is 15.3 Å². The van der Waals surface area contributed by atoms with Crippen LogP contribution in [0.3, 0.4) is 0 Å². The predicted octanol–water partition coefficient (Wildman–Crippen LogP) is 0.141. The minimum atomic E-state index is -0.415. The molecule has 1 aliphatic heterocycles. The van der Waals surface area contributed by atoms with Crippen LogP contribution in [-0.4, -0.2) is 56.3 Å². The largest absolute Gasteiger partial charge is 0.466 e. The van der Waals surface area contributed by atoms with Crippen LogP contribution in [-0.2, 0) is 9.53 Å². The summed E-state index contributed by atoms with van der Waals surface area (Å²) in [6, 6.07) is 0. The van der Waals surface area contributed by atoms with Gasteiger partial charge in [-0.05, 0) is 26.7 Å². The fraction of sp³-hybridized carbons (Fsp3) is 0.533. The highest BCUT2D eigenvalue weighted by Crippen LogP contribution is 2.20. The third-order valence-electron chi connectivity index (χ3n) is 4.07. The molecule has 0 spiro atoms. The highest BCUT2D eigenvalue weighted by molar-refractivity contribution is 5.98. The van der Waals surface area contributed by atoms with E-state index in [0.717, 1.165) is 0 Å². The first-order valence-corrected chi connectivity index (χ1v) is 7.92. The van der Waals surface area contributed by atoms with E-state index in [1.807, 2.05) is 0 Å². The molecule has 1 aliphatic rings. The summed E-state index contributed by atoms with van der Waals surface area (Å²) in [6.45, 7) is 4.56. The van der Waals surface area contributed by atoms with Gasteiger partial charge in [-0.2, -0.15) is 0 Å². The Morgan fingerprint density at radius 2 is 2.25 bits per heavy atom. The van der Waals surface area contributed by atoms with E-state index in [1.54, 1.807) is 20.0 Å². The number of likely N-dealkylation sites (tertiary alicyclic amines) is 1. The van der Waals surface area contributed by atoms with Gasteiger partial charge in [-0.3, -0.25) is 14.4 Å². The molecule has 128 valence electrons. The van der Waals surface area contributed by atoms with Crippen LogP contribution in [0.15, 0.2) is 11.0 Å². The van der Waals surface area contributed by atoms with Crippen LogP contribution < -0.4 is 5.56 Å². The molecule has 1 saturated heterocycles. The third-order valence-corrected chi connectivity index (χ3v) is 4.07. The van der Waals surface area contributed by atoms with E-state index in [1.165, 1.54) is 9.42 Å². The molecule has 3 heterocycles. The van der Waals surface area contributed by atoms with Crippen molar-refractivity contribution < 1.29 is 14.3 Å². The number of ether oxygens (including phenoxy) is 1. The molecule has 3 rings (SSSR count). The zero-order valence-corrected chi connectivity index (χ0v) is 13.6. The summed E-state index contributed by atoms with van der Waals surface area (Å²) in [5, 5.41) is 7.71. The lowest BCUT2D eigenvalue weighted by Gasteiger charge is -2.30. The number of fused-ring (bicyclic) bond motifs is 1. The highest BCUT2D eigenvalue weighted by atomic mass is 16.5. The monoisotopic (exact) mass is 333 g/mol. The number of nitrogens with one attached hydrogen (secondary N) is 1. The van der Waals surface area contributed by atoms with Gasteiger partial charge in [0, 0.05) is 18.8 Å². The number of rotatable bonds is 3. The van der Waals surface area contributed by atoms with Crippen molar-refractivity contribution in [2.24, 2.45) is 5.92 Å². The summed E-state index contributed by atoms with van der Waals surface area (Å²) in [6.07, 6.45) is 2.98. The smallest absolute Gasteiger partial charge is 0.310 e. The van der Waals surface area contributed by atoms with Gasteiger partial charge in [-0.25, -0.2) is 4.52 Å². The van der Waals surface area contributed by atoms with Crippen molar-refractivity contribution >= 4 is 17.4 Å². The Morgan fingerprint density at radius 3 is 3.00 bits per heavy atom. The lowest BCUT2D eigenvalue weighted by Crippen LogP contribution is -2.43. The fourth-order valence-electron chi connectivity index (χ4n) is 2.96. The van der Waals surface area contributed by atoms with Crippen LogP contribution >= 0.6 is 0 Å². The molecule has 9 heteroatoms. The number of esters is 1. The van der Waals surface area contributed by atoms with Gasteiger partial charge in [0.05, 0.1) is 18.7 Å². The quantitative estimate of drug-likeness (QED) is 0.800. The van der Waals surface area contributed by atoms with Crippen molar-refractivity contribution in [3.05, 3.63) is 27.9 Å². The van der Waals surface area contributed by atoms with Gasteiger partial charge in [0.1, 0.15) is 0 Å². The zero-order valence-electron chi connectivity index (χ0n) is 13.6. The number of amides is 1. The molecule has 0 saturated carbocycles. The van der Waals surface area contributed by atoms with Crippen LogP contribution in [0.4, 0.5) is 0 Å². The number of carbonyl (C=O) groups is 2. The summed E-state index contributed by atoms with van der Waals surface area (Å²) in [7, 11) is 0. The summed E-state index contributed by atoms with van der Waals surface area (Å²) in [4.78, 5) is 41.0. The first-order valence-electron chi connectivity index (χ1n) is 7.92. The third kappa shape index (κ3) is 2.89. The molecule has 1 amide bonds. The molecule has 24 heavy (non-hydrogen) atoms. The number of hydrogen-bond donors (Lipinski definition) is 1. The van der Waals surface area contributed by atoms with Crippen molar-refractivity contribution in [1.29, 1.82) is 0 Å². The Bertz CT molecular complexity index is 840. The Balaban J connectivity index is 1.87. The van der Waals surface area contributed by atoms with Gasteiger partial charge >= 0.3 is 5.97 Å². The van der Waals surface area contributed by atoms with Crippen LogP contribution in [0.1, 0.15) is 35.9 Å².